The molecule has 78 heavy (non-hydrogen) atoms. The molecule has 2 aliphatic rings. The monoisotopic (exact) mass is 1120 g/mol. The molecule has 0 saturated carbocycles. The minimum atomic E-state index is -1.75. The third kappa shape index (κ3) is 13.4. The van der Waals surface area contributed by atoms with Gasteiger partial charge in [-0.2, -0.15) is 0 Å². The lowest BCUT2D eigenvalue weighted by atomic mass is 10.0. The van der Waals surface area contributed by atoms with E-state index < -0.39 is 149 Å². The van der Waals surface area contributed by atoms with Crippen LogP contribution in [0.3, 0.4) is 0 Å². The van der Waals surface area contributed by atoms with Gasteiger partial charge >= 0.3 is 11.9 Å². The summed E-state index contributed by atoms with van der Waals surface area (Å²) in [5, 5.41) is 21.5. The number of hydrogen-bond acceptors (Lipinski definition) is 18. The predicted molar refractivity (Wildman–Crippen MR) is 288 cm³/mol. The standard InChI is InChI=1S/C52H65N11O13S2/c1-25(2)39-50(73)75-22-34(58-42(65)33-21-53-31-18-14-15-19-32(31)56-33)43(66)55-28(6)47(70)63(10)41-49(72)62(9)40(26(3)4)51(74)76-23-35(59-45(68)38-37(64)20-29-16-12-13-17-30(29)57-38)44(67)54-27(5)46(69)60(7)36(48(71)61(39)8)24-78-52(41)77-11/h12-21,25-28,34-36,39-41,52,64H,22-24H2,1-11H3,(H,54,67)(H,55,66)(H,58,65)(H,59,68). The minimum absolute atomic E-state index is 0.188. The van der Waals surface area contributed by atoms with Gasteiger partial charge in [-0.15, -0.1) is 23.5 Å². The second kappa shape index (κ2) is 25.7. The average molecular weight is 1120 g/mol. The molecular formula is C52H65N11O13S2. The van der Waals surface area contributed by atoms with Crippen LogP contribution in [0.15, 0.2) is 60.8 Å². The molecule has 2 aromatic heterocycles. The zero-order chi connectivity index (χ0) is 57.4. The number of rotatable bonds is 7. The number of nitrogens with one attached hydrogen (secondary N) is 4. The van der Waals surface area contributed by atoms with Crippen molar-refractivity contribution >= 4 is 105 Å². The van der Waals surface area contributed by atoms with Crippen molar-refractivity contribution < 1.29 is 62.5 Å². The van der Waals surface area contributed by atoms with Gasteiger partial charge in [-0.25, -0.2) is 19.6 Å². The number of fused-ring (bicyclic) bond motifs is 6. The molecule has 5 N–H and O–H groups in total. The summed E-state index contributed by atoms with van der Waals surface area (Å²) in [5.74, 6) is -11.3. The molecule has 2 fully saturated rings. The van der Waals surface area contributed by atoms with Crippen LogP contribution in [0.25, 0.3) is 21.9 Å². The molecule has 0 radical (unpaired) electrons. The van der Waals surface area contributed by atoms with E-state index in [1.54, 1.807) is 82.5 Å². The van der Waals surface area contributed by atoms with Crippen LogP contribution in [0.4, 0.5) is 0 Å². The minimum Gasteiger partial charge on any atom is -0.505 e. The summed E-state index contributed by atoms with van der Waals surface area (Å²) >= 11 is 2.13. The van der Waals surface area contributed by atoms with Crippen molar-refractivity contribution in [2.24, 2.45) is 11.8 Å². The summed E-state index contributed by atoms with van der Waals surface area (Å²) < 4.78 is 10.5. The number of nitrogens with zero attached hydrogens (tertiary/aromatic N) is 7. The molecule has 4 heterocycles. The molecule has 24 nitrogen and oxygen atoms in total. The number of benzene rings is 2. The van der Waals surface area contributed by atoms with Crippen LogP contribution < -0.4 is 21.3 Å². The number of aromatic nitrogens is 3. The second-order valence-corrected chi connectivity index (χ2v) is 22.1. The van der Waals surface area contributed by atoms with Crippen molar-refractivity contribution in [3.63, 3.8) is 0 Å². The SMILES string of the molecule is CSC1SCC2C(=O)N(C)C(C(C)C)C(=O)OCC(NC(=O)c3cnc4ccccc4n3)C(=O)NC(C)C(=O)N(C)C1C(=O)N(C)C(C(C)C)C(=O)OCC(NC(=O)c1nc3ccccc3cc1O)C(=O)NC(C)C(=O)N2C. The fourth-order valence-corrected chi connectivity index (χ4v) is 11.6. The Hall–Kier alpha value is -7.61. The van der Waals surface area contributed by atoms with Gasteiger partial charge in [0.15, 0.2) is 5.69 Å². The Kier molecular flexibility index (Phi) is 19.6. The molecule has 8 amide bonds. The Morgan fingerprint density at radius 2 is 1.18 bits per heavy atom. The van der Waals surface area contributed by atoms with Gasteiger partial charge in [0.25, 0.3) is 11.8 Å². The van der Waals surface area contributed by atoms with E-state index >= 15 is 9.59 Å². The number of likely N-dealkylation sites (N-methyl/N-ethyl adjacent to an activating group) is 4. The number of ether oxygens (including phenoxy) is 2. The van der Waals surface area contributed by atoms with Crippen LogP contribution >= 0.6 is 23.5 Å². The van der Waals surface area contributed by atoms with Gasteiger partial charge < -0.3 is 55.4 Å². The summed E-state index contributed by atoms with van der Waals surface area (Å²) in [6, 6.07) is 2.71. The van der Waals surface area contributed by atoms with Crippen LogP contribution in [-0.4, -0.2) is 205 Å². The van der Waals surface area contributed by atoms with E-state index in [4.69, 9.17) is 9.47 Å². The summed E-state index contributed by atoms with van der Waals surface area (Å²) in [5.41, 5.74) is 0.544. The maximum absolute atomic E-state index is 15.2. The molecule has 2 aromatic carbocycles. The summed E-state index contributed by atoms with van der Waals surface area (Å²) in [6.45, 7) is 7.53. The van der Waals surface area contributed by atoms with Gasteiger partial charge in [0.05, 0.1) is 27.3 Å². The highest BCUT2D eigenvalue weighted by Crippen LogP contribution is 2.32. The first kappa shape index (κ1) is 59.6. The van der Waals surface area contributed by atoms with Crippen LogP contribution in [0.2, 0.25) is 0 Å². The van der Waals surface area contributed by atoms with Crippen molar-refractivity contribution in [1.82, 2.24) is 55.8 Å². The first-order valence-corrected chi connectivity index (χ1v) is 27.3. The lowest BCUT2D eigenvalue weighted by Gasteiger charge is -2.40. The maximum atomic E-state index is 15.2. The van der Waals surface area contributed by atoms with Gasteiger partial charge in [-0.1, -0.05) is 58.0 Å². The summed E-state index contributed by atoms with van der Waals surface area (Å²) in [7, 11) is 5.26. The number of esters is 2. The van der Waals surface area contributed by atoms with E-state index in [1.807, 2.05) is 0 Å². The van der Waals surface area contributed by atoms with Crippen LogP contribution in [-0.2, 0) is 47.8 Å². The van der Waals surface area contributed by atoms with Crippen molar-refractivity contribution in [1.29, 1.82) is 0 Å². The van der Waals surface area contributed by atoms with E-state index in [-0.39, 0.29) is 11.4 Å². The Labute approximate surface area is 458 Å². The smallest absolute Gasteiger partial charge is 0.329 e. The maximum Gasteiger partial charge on any atom is 0.329 e. The van der Waals surface area contributed by atoms with Crippen LogP contribution in [0.5, 0.6) is 5.75 Å². The average Bonchev–Trinajstić information content (AvgIpc) is 3.43. The molecular weight excluding hydrogens is 1050 g/mol. The number of pyridine rings is 1. The van der Waals surface area contributed by atoms with E-state index in [9.17, 15) is 43.5 Å². The van der Waals surface area contributed by atoms with Crippen LogP contribution in [0.1, 0.15) is 62.5 Å². The Morgan fingerprint density at radius 3 is 1.73 bits per heavy atom. The largest absolute Gasteiger partial charge is 0.505 e. The number of para-hydroxylation sites is 3. The Morgan fingerprint density at radius 1 is 0.679 bits per heavy atom. The van der Waals surface area contributed by atoms with E-state index in [0.717, 1.165) is 43.1 Å². The molecule has 4 aromatic rings. The third-order valence-electron chi connectivity index (χ3n) is 13.4. The zero-order valence-corrected chi connectivity index (χ0v) is 46.7. The molecule has 9 unspecified atom stereocenters. The van der Waals surface area contributed by atoms with Crippen molar-refractivity contribution in [3.05, 3.63) is 72.2 Å². The number of carbonyl (C=O) groups excluding carboxylic acids is 10. The fourth-order valence-electron chi connectivity index (χ4n) is 9.08. The summed E-state index contributed by atoms with van der Waals surface area (Å²) in [4.78, 5) is 162. The van der Waals surface area contributed by atoms with Crippen molar-refractivity contribution in [2.75, 3.05) is 53.4 Å². The van der Waals surface area contributed by atoms with Crippen molar-refractivity contribution in [3.8, 4) is 5.75 Å². The topological polar surface area (TPSA) is 309 Å². The summed E-state index contributed by atoms with van der Waals surface area (Å²) in [6.07, 6.45) is 2.85. The van der Waals surface area contributed by atoms with E-state index in [2.05, 4.69) is 36.2 Å². The first-order valence-electron chi connectivity index (χ1n) is 24.9. The third-order valence-corrected chi connectivity index (χ3v) is 16.2. The quantitative estimate of drug-likeness (QED) is 0.161. The highest BCUT2D eigenvalue weighted by Gasteiger charge is 2.45. The zero-order valence-electron chi connectivity index (χ0n) is 45.0. The molecule has 9 atom stereocenters. The lowest BCUT2D eigenvalue weighted by Crippen LogP contribution is -2.60. The normalized spacial score (nSPS) is 25.2. The molecule has 0 spiro atoms. The molecule has 6 rings (SSSR count). The fraction of sp³-hybridized carbons (Fsp3) is 0.481. The Balaban J connectivity index is 1.43. The number of cyclic esters (lactones) is 2. The molecule has 2 bridgehead atoms. The number of aromatic hydroxyl groups is 1. The lowest BCUT2D eigenvalue weighted by molar-refractivity contribution is -0.160. The Bertz CT molecular complexity index is 2980. The van der Waals surface area contributed by atoms with Gasteiger partial charge in [0.1, 0.15) is 73.0 Å². The van der Waals surface area contributed by atoms with Gasteiger partial charge in [0.2, 0.25) is 35.4 Å². The van der Waals surface area contributed by atoms with E-state index in [0.29, 0.717) is 21.9 Å². The second-order valence-electron chi connectivity index (χ2n) is 19.6. The molecule has 418 valence electrons. The number of hydrogen-bond donors (Lipinski definition) is 5. The first-order chi connectivity index (χ1) is 36.9. The molecule has 2 saturated heterocycles. The predicted octanol–water partition coefficient (Wildman–Crippen LogP) is 0.946. The van der Waals surface area contributed by atoms with Gasteiger partial charge in [-0.05, 0) is 56.2 Å². The molecule has 26 heteroatoms. The van der Waals surface area contributed by atoms with Gasteiger partial charge in [-0.3, -0.25) is 43.3 Å². The van der Waals surface area contributed by atoms with Crippen molar-refractivity contribution in [2.45, 2.75) is 94.5 Å². The number of thioether (sulfide) groups is 2. The number of carbonyl (C=O) groups is 10. The van der Waals surface area contributed by atoms with E-state index in [1.165, 1.54) is 54.3 Å². The highest BCUT2D eigenvalue weighted by atomic mass is 32.2. The highest BCUT2D eigenvalue weighted by molar-refractivity contribution is 8.16. The van der Waals surface area contributed by atoms with Gasteiger partial charge in [0, 0.05) is 39.3 Å². The van der Waals surface area contributed by atoms with Crippen LogP contribution in [0, 0.1) is 11.8 Å². The number of amides is 8. The molecule has 2 aliphatic heterocycles. The molecule has 0 aliphatic carbocycles.